The predicted molar refractivity (Wildman–Crippen MR) is 88.7 cm³/mol. The Hall–Kier alpha value is -1.81. The van der Waals surface area contributed by atoms with Crippen molar-refractivity contribution in [1.82, 2.24) is 19.5 Å². The van der Waals surface area contributed by atoms with Gasteiger partial charge in [0.25, 0.3) is 0 Å². The fraction of sp³-hybridized carbons (Fsp3) is 0.643. The van der Waals surface area contributed by atoms with Crippen LogP contribution in [0.15, 0.2) is 6.33 Å². The molecule has 0 radical (unpaired) electrons. The van der Waals surface area contributed by atoms with Crippen LogP contribution in [0.2, 0.25) is 0 Å². The summed E-state index contributed by atoms with van der Waals surface area (Å²) in [6.45, 7) is -0.336. The molecule has 2 fully saturated rings. The van der Waals surface area contributed by atoms with Gasteiger partial charge in [0.2, 0.25) is 11.8 Å². The van der Waals surface area contributed by atoms with Crippen molar-refractivity contribution in [2.75, 3.05) is 25.6 Å². The number of halogens is 1. The molecular weight excluding hydrogens is 368 g/mol. The lowest BCUT2D eigenvalue weighted by Gasteiger charge is -2.33. The largest absolute Gasteiger partial charge is 0.476 e. The molecule has 1 unspecified atom stereocenters. The van der Waals surface area contributed by atoms with Gasteiger partial charge in [0, 0.05) is 10.8 Å². The molecule has 4 rings (SSSR count). The predicted octanol–water partition coefficient (Wildman–Crippen LogP) is 1.67. The van der Waals surface area contributed by atoms with Crippen LogP contribution < -0.4 is 10.5 Å². The molecule has 0 saturated carbocycles. The van der Waals surface area contributed by atoms with E-state index in [2.05, 4.69) is 15.0 Å². The first-order valence-corrected chi connectivity index (χ1v) is 9.84. The van der Waals surface area contributed by atoms with Gasteiger partial charge in [-0.15, -0.1) is 0 Å². The summed E-state index contributed by atoms with van der Waals surface area (Å²) < 4.78 is 74.4. The minimum atomic E-state index is -3.64. The molecule has 2 N–H and O–H groups in total. The molecule has 0 amide bonds. The van der Waals surface area contributed by atoms with Gasteiger partial charge in [0.1, 0.15) is 12.2 Å². The number of rotatable bonds is 3. The van der Waals surface area contributed by atoms with Crippen molar-refractivity contribution in [3.05, 3.63) is 6.33 Å². The molecule has 5 atom stereocenters. The van der Waals surface area contributed by atoms with Crippen molar-refractivity contribution >= 4 is 24.7 Å². The molecule has 142 valence electrons. The quantitative estimate of drug-likeness (QED) is 0.779. The van der Waals surface area contributed by atoms with Crippen molar-refractivity contribution in [2.45, 2.75) is 37.9 Å². The first-order valence-electron chi connectivity index (χ1n) is 9.35. The maximum absolute atomic E-state index is 16.3. The minimum absolute atomic E-state index is 0.0245. The second-order valence-corrected chi connectivity index (χ2v) is 8.04. The van der Waals surface area contributed by atoms with E-state index in [9.17, 15) is 4.57 Å². The van der Waals surface area contributed by atoms with Crippen molar-refractivity contribution in [3.63, 3.8) is 0 Å². The Balaban J connectivity index is 1.87. The molecular formula is C14H19FN5O5P. The Bertz CT molecular complexity index is 1010. The van der Waals surface area contributed by atoms with Crippen LogP contribution in [0, 0.1) is 0 Å². The summed E-state index contributed by atoms with van der Waals surface area (Å²) in [6, 6.07) is 0. The lowest BCUT2D eigenvalue weighted by atomic mass is 9.98. The van der Waals surface area contributed by atoms with Gasteiger partial charge in [-0.05, 0) is 13.8 Å². The Morgan fingerprint density at radius 2 is 2.42 bits per heavy atom. The molecule has 26 heavy (non-hydrogen) atoms. The maximum Gasteiger partial charge on any atom is 0.328 e. The van der Waals surface area contributed by atoms with Crippen molar-refractivity contribution in [3.8, 4) is 5.88 Å². The number of aromatic nitrogens is 4. The lowest BCUT2D eigenvalue weighted by Crippen LogP contribution is -2.44. The van der Waals surface area contributed by atoms with Crippen LogP contribution in [0.5, 0.6) is 5.88 Å². The zero-order valence-corrected chi connectivity index (χ0v) is 14.9. The Labute approximate surface area is 152 Å². The standard InChI is InChI=1S/C14H19FN5O5P/c1-4-22-11-8-10(18-13(16)19-11)20(6-17-8)12-14(2,15)9-7(24-12)5-23-26(3,21)25-9/h6-7,9,12H,4-5H2,1-3H3,(H2,16,18,19)/t7-,9-,12-,14-,26?/m1/s1/i2D3. The third-order valence-corrected chi connectivity index (χ3v) is 5.36. The lowest BCUT2D eigenvalue weighted by molar-refractivity contribution is -0.0594. The van der Waals surface area contributed by atoms with Gasteiger partial charge >= 0.3 is 7.60 Å². The van der Waals surface area contributed by atoms with Crippen molar-refractivity contribution in [1.29, 1.82) is 0 Å². The third-order valence-electron chi connectivity index (χ3n) is 4.13. The molecule has 12 heteroatoms. The molecule has 0 aromatic carbocycles. The van der Waals surface area contributed by atoms with Crippen LogP contribution in [0.3, 0.4) is 0 Å². The number of anilines is 1. The number of nitrogens with zero attached hydrogens (tertiary/aromatic N) is 4. The molecule has 0 bridgehead atoms. The second kappa shape index (κ2) is 5.85. The van der Waals surface area contributed by atoms with E-state index in [1.54, 1.807) is 6.92 Å². The number of imidazole rings is 1. The normalized spacial score (nSPS) is 39.2. The van der Waals surface area contributed by atoms with E-state index in [1.165, 1.54) is 0 Å². The topological polar surface area (TPSA) is 124 Å². The molecule has 0 spiro atoms. The first-order chi connectivity index (χ1) is 13.5. The zero-order valence-electron chi connectivity index (χ0n) is 17.0. The average molecular weight is 390 g/mol. The molecule has 2 aliphatic rings. The fourth-order valence-electron chi connectivity index (χ4n) is 3.05. The van der Waals surface area contributed by atoms with E-state index in [1.807, 2.05) is 0 Å². The van der Waals surface area contributed by atoms with E-state index in [0.29, 0.717) is 0 Å². The monoisotopic (exact) mass is 390 g/mol. The Kier molecular flexibility index (Phi) is 3.21. The highest BCUT2D eigenvalue weighted by Crippen LogP contribution is 2.56. The van der Waals surface area contributed by atoms with Gasteiger partial charge in [-0.25, -0.2) is 9.37 Å². The summed E-state index contributed by atoms with van der Waals surface area (Å²) in [4.78, 5) is 12.1. The molecule has 2 aliphatic heterocycles. The zero-order chi connectivity index (χ0) is 21.2. The summed E-state index contributed by atoms with van der Waals surface area (Å²) >= 11 is 0. The van der Waals surface area contributed by atoms with E-state index < -0.39 is 38.6 Å². The van der Waals surface area contributed by atoms with Crippen LogP contribution in [-0.4, -0.2) is 57.3 Å². The Morgan fingerprint density at radius 1 is 1.62 bits per heavy atom. The number of ether oxygens (including phenoxy) is 2. The SMILES string of the molecule is [2H]C([2H])([2H])[C@@]1(F)[C@@H]2OP(C)(=O)OC[C@H]2O[C@H]1n1cnc2c(OCC)nc(N)nc21. The van der Waals surface area contributed by atoms with Gasteiger partial charge < -0.3 is 19.7 Å². The number of hydrogen-bond donors (Lipinski definition) is 1. The summed E-state index contributed by atoms with van der Waals surface area (Å²) in [5, 5.41) is 0. The summed E-state index contributed by atoms with van der Waals surface area (Å²) in [5.74, 6) is -0.103. The van der Waals surface area contributed by atoms with Gasteiger partial charge in [-0.2, -0.15) is 9.97 Å². The average Bonchev–Trinajstić information content (AvgIpc) is 3.14. The smallest absolute Gasteiger partial charge is 0.328 e. The summed E-state index contributed by atoms with van der Waals surface area (Å²) in [7, 11) is -3.64. The molecule has 2 aromatic heterocycles. The molecule has 10 nitrogen and oxygen atoms in total. The Morgan fingerprint density at radius 3 is 3.15 bits per heavy atom. The van der Waals surface area contributed by atoms with E-state index in [-0.39, 0.29) is 36.2 Å². The van der Waals surface area contributed by atoms with Gasteiger partial charge in [-0.1, -0.05) is 0 Å². The molecule has 2 aromatic rings. The highest BCUT2D eigenvalue weighted by molar-refractivity contribution is 7.53. The number of hydrogen-bond acceptors (Lipinski definition) is 9. The number of alkyl halides is 1. The summed E-state index contributed by atoms with van der Waals surface area (Å²) in [5.41, 5.74) is 2.84. The van der Waals surface area contributed by atoms with Crippen LogP contribution in [0.25, 0.3) is 11.2 Å². The molecule has 2 saturated heterocycles. The van der Waals surface area contributed by atoms with Crippen molar-refractivity contribution in [2.24, 2.45) is 0 Å². The van der Waals surface area contributed by atoms with Crippen LogP contribution >= 0.6 is 7.60 Å². The fourth-order valence-corrected chi connectivity index (χ4v) is 4.23. The van der Waals surface area contributed by atoms with Gasteiger partial charge in [0.15, 0.2) is 23.1 Å². The molecule has 4 heterocycles. The number of nitrogen functional groups attached to an aromatic ring is 1. The van der Waals surface area contributed by atoms with Crippen molar-refractivity contribution < 1.29 is 31.6 Å². The van der Waals surface area contributed by atoms with Crippen LogP contribution in [0.4, 0.5) is 10.3 Å². The van der Waals surface area contributed by atoms with Crippen LogP contribution in [-0.2, 0) is 18.3 Å². The molecule has 0 aliphatic carbocycles. The van der Waals surface area contributed by atoms with Gasteiger partial charge in [0.05, 0.1) is 19.5 Å². The van der Waals surface area contributed by atoms with Crippen LogP contribution in [0.1, 0.15) is 24.1 Å². The van der Waals surface area contributed by atoms with E-state index in [0.717, 1.165) is 17.6 Å². The van der Waals surface area contributed by atoms with Gasteiger partial charge in [-0.3, -0.25) is 13.7 Å². The minimum Gasteiger partial charge on any atom is -0.476 e. The first kappa shape index (κ1) is 14.3. The highest BCUT2D eigenvalue weighted by atomic mass is 31.2. The summed E-state index contributed by atoms with van der Waals surface area (Å²) in [6.07, 6.45) is -3.31. The highest BCUT2D eigenvalue weighted by Gasteiger charge is 2.60. The number of fused-ring (bicyclic) bond motifs is 2. The third kappa shape index (κ3) is 2.66. The number of nitrogens with two attached hydrogens (primary N) is 1. The maximum atomic E-state index is 16.3. The second-order valence-electron chi connectivity index (χ2n) is 6.03. The van der Waals surface area contributed by atoms with E-state index >= 15 is 4.39 Å². The van der Waals surface area contributed by atoms with E-state index in [4.69, 9.17) is 28.4 Å².